The molecule has 0 heterocycles. The zero-order valence-electron chi connectivity index (χ0n) is 22.4. The largest absolute Gasteiger partial charge is 0.508 e. The van der Waals surface area contributed by atoms with Gasteiger partial charge in [0.2, 0.25) is 5.78 Å². The molecule has 0 radical (unpaired) electrons. The van der Waals surface area contributed by atoms with Gasteiger partial charge in [-0.25, -0.2) is 0 Å². The Balaban J connectivity index is 1.87. The average molecular weight is 533 g/mol. The molecule has 0 aliphatic heterocycles. The second-order valence-electron chi connectivity index (χ2n) is 11.8. The van der Waals surface area contributed by atoms with Crippen molar-refractivity contribution in [2.24, 2.45) is 22.7 Å². The zero-order chi connectivity index (χ0) is 28.8. The lowest BCUT2D eigenvalue weighted by molar-refractivity contribution is -0.184. The fourth-order valence-corrected chi connectivity index (χ4v) is 7.58. The standard InChI is InChI=1S/C31H32O8/c1-14(2)22-24(34)19(15(3)32)27(37)31(39)28(38)23-25(35)21-18(33)12-11-17(16-9-7-6-8-10-16)20(21)26(36)29(23,4)13-30(22,31)5/h6-12,14,22,26,33,35-37,39H,13H2,1-5H3/t22?,26-,29-,30-,31+/m1/s1. The van der Waals surface area contributed by atoms with E-state index in [2.05, 4.69) is 0 Å². The van der Waals surface area contributed by atoms with Crippen LogP contribution >= 0.6 is 0 Å². The molecule has 8 heteroatoms. The number of fused-ring (bicyclic) bond motifs is 3. The molecule has 0 saturated heterocycles. The van der Waals surface area contributed by atoms with E-state index in [0.717, 1.165) is 6.92 Å². The summed E-state index contributed by atoms with van der Waals surface area (Å²) in [6.07, 6.45) is -1.65. The number of hydrogen-bond acceptors (Lipinski definition) is 8. The summed E-state index contributed by atoms with van der Waals surface area (Å²) in [7, 11) is 0. The molecule has 8 nitrogen and oxygen atoms in total. The predicted molar refractivity (Wildman–Crippen MR) is 143 cm³/mol. The molecule has 2 aromatic rings. The van der Waals surface area contributed by atoms with Crippen LogP contribution in [0.5, 0.6) is 5.75 Å². The zero-order valence-corrected chi connectivity index (χ0v) is 22.4. The number of carbonyl (C=O) groups is 3. The molecule has 204 valence electrons. The first kappa shape index (κ1) is 26.8. The Morgan fingerprint density at radius 1 is 1.00 bits per heavy atom. The number of aliphatic hydroxyl groups excluding tert-OH is 3. The van der Waals surface area contributed by atoms with Gasteiger partial charge in [0.05, 0.1) is 17.2 Å². The maximum Gasteiger partial charge on any atom is 0.203 e. The number of benzene rings is 2. The van der Waals surface area contributed by atoms with Gasteiger partial charge in [-0.1, -0.05) is 64.1 Å². The number of rotatable bonds is 3. The summed E-state index contributed by atoms with van der Waals surface area (Å²) >= 11 is 0. The lowest BCUT2D eigenvalue weighted by Crippen LogP contribution is -2.69. The second-order valence-corrected chi connectivity index (χ2v) is 11.8. The molecule has 39 heavy (non-hydrogen) atoms. The van der Waals surface area contributed by atoms with Gasteiger partial charge in [-0.15, -0.1) is 0 Å². The molecule has 2 aromatic carbocycles. The highest BCUT2D eigenvalue weighted by Gasteiger charge is 2.73. The molecule has 5 atom stereocenters. The molecule has 0 amide bonds. The first-order chi connectivity index (χ1) is 18.1. The molecule has 1 fully saturated rings. The van der Waals surface area contributed by atoms with E-state index in [4.69, 9.17) is 0 Å². The normalized spacial score (nSPS) is 32.2. The van der Waals surface area contributed by atoms with Crippen molar-refractivity contribution in [2.45, 2.75) is 52.7 Å². The van der Waals surface area contributed by atoms with Crippen LogP contribution in [0.25, 0.3) is 16.9 Å². The summed E-state index contributed by atoms with van der Waals surface area (Å²) in [5.74, 6) is -6.18. The Hall–Kier alpha value is -3.75. The lowest BCUT2D eigenvalue weighted by atomic mass is 9.43. The number of aromatic hydroxyl groups is 1. The average Bonchev–Trinajstić information content (AvgIpc) is 2.85. The maximum absolute atomic E-state index is 14.3. The van der Waals surface area contributed by atoms with Crippen molar-refractivity contribution in [3.05, 3.63) is 70.5 Å². The number of ketones is 3. The highest BCUT2D eigenvalue weighted by molar-refractivity contribution is 6.24. The van der Waals surface area contributed by atoms with Crippen LogP contribution in [0.2, 0.25) is 0 Å². The summed E-state index contributed by atoms with van der Waals surface area (Å²) in [6, 6.07) is 12.0. The molecule has 3 aliphatic rings. The van der Waals surface area contributed by atoms with Crippen molar-refractivity contribution in [1.82, 2.24) is 0 Å². The first-order valence-corrected chi connectivity index (χ1v) is 12.9. The number of allylic oxidation sites excluding steroid dienone is 1. The maximum atomic E-state index is 14.3. The quantitative estimate of drug-likeness (QED) is 0.366. The number of Topliss-reactive ketones (excluding diaryl/α,β-unsaturated/α-hetero) is 3. The summed E-state index contributed by atoms with van der Waals surface area (Å²) in [5.41, 5.74) is -5.65. The summed E-state index contributed by atoms with van der Waals surface area (Å²) in [4.78, 5) is 40.4. The van der Waals surface area contributed by atoms with Crippen LogP contribution in [0.15, 0.2) is 59.4 Å². The third-order valence-electron chi connectivity index (χ3n) is 9.16. The van der Waals surface area contributed by atoms with Crippen LogP contribution in [-0.2, 0) is 14.4 Å². The van der Waals surface area contributed by atoms with Crippen LogP contribution in [0.1, 0.15) is 58.3 Å². The smallest absolute Gasteiger partial charge is 0.203 e. The minimum atomic E-state index is -2.73. The van der Waals surface area contributed by atoms with Crippen LogP contribution in [-0.4, -0.2) is 48.5 Å². The van der Waals surface area contributed by atoms with Crippen molar-refractivity contribution < 1.29 is 39.9 Å². The predicted octanol–water partition coefficient (Wildman–Crippen LogP) is 4.35. The number of carbonyl (C=O) groups excluding carboxylic acids is 3. The Morgan fingerprint density at radius 2 is 1.62 bits per heavy atom. The Morgan fingerprint density at radius 3 is 2.18 bits per heavy atom. The summed E-state index contributed by atoms with van der Waals surface area (Å²) in [6.45, 7) is 7.59. The second kappa shape index (κ2) is 8.37. The van der Waals surface area contributed by atoms with Crippen LogP contribution in [0.4, 0.5) is 0 Å². The van der Waals surface area contributed by atoms with E-state index >= 15 is 0 Å². The van der Waals surface area contributed by atoms with Crippen LogP contribution in [0.3, 0.4) is 0 Å². The Kier molecular flexibility index (Phi) is 5.76. The van der Waals surface area contributed by atoms with Gasteiger partial charge in [-0.05, 0) is 36.5 Å². The van der Waals surface area contributed by atoms with Gasteiger partial charge >= 0.3 is 0 Å². The Labute approximate surface area is 225 Å². The van der Waals surface area contributed by atoms with E-state index in [1.165, 1.54) is 13.0 Å². The van der Waals surface area contributed by atoms with Gasteiger partial charge in [0.1, 0.15) is 22.8 Å². The molecule has 1 unspecified atom stereocenters. The third kappa shape index (κ3) is 3.16. The molecule has 0 spiro atoms. The molecule has 5 rings (SSSR count). The first-order valence-electron chi connectivity index (χ1n) is 12.9. The molecule has 3 aliphatic carbocycles. The van der Waals surface area contributed by atoms with Crippen LogP contribution in [0, 0.1) is 22.7 Å². The van der Waals surface area contributed by atoms with Gasteiger partial charge in [0.15, 0.2) is 17.2 Å². The highest BCUT2D eigenvalue weighted by atomic mass is 16.4. The van der Waals surface area contributed by atoms with E-state index in [9.17, 15) is 39.9 Å². The monoisotopic (exact) mass is 532 g/mol. The van der Waals surface area contributed by atoms with Crippen molar-refractivity contribution in [3.63, 3.8) is 0 Å². The molecular formula is C31H32O8. The van der Waals surface area contributed by atoms with Crippen molar-refractivity contribution in [3.8, 4) is 16.9 Å². The molecule has 0 bridgehead atoms. The SMILES string of the molecule is CC(=O)C1=C(O)[C@]2(O)C(=O)C3=C(O)c4c(O)ccc(-c5ccccc5)c4[C@@H](O)[C@]3(C)C[C@]2(C)C(C(C)C)C1=O. The Bertz CT molecular complexity index is 1520. The number of phenols is 1. The van der Waals surface area contributed by atoms with Crippen molar-refractivity contribution in [2.75, 3.05) is 0 Å². The fraction of sp³-hybridized carbons (Fsp3) is 0.387. The summed E-state index contributed by atoms with van der Waals surface area (Å²) < 4.78 is 0. The molecule has 0 aromatic heterocycles. The van der Waals surface area contributed by atoms with E-state index in [1.807, 2.05) is 18.2 Å². The third-order valence-corrected chi connectivity index (χ3v) is 9.16. The molecule has 5 N–H and O–H groups in total. The number of aliphatic hydroxyl groups is 4. The molecular weight excluding hydrogens is 500 g/mol. The van der Waals surface area contributed by atoms with Gasteiger partial charge < -0.3 is 25.5 Å². The highest BCUT2D eigenvalue weighted by Crippen LogP contribution is 2.67. The van der Waals surface area contributed by atoms with Gasteiger partial charge in [-0.2, -0.15) is 0 Å². The van der Waals surface area contributed by atoms with E-state index < -0.39 is 68.8 Å². The number of phenolic OH excluding ortho intramolecular Hbond substituents is 1. The van der Waals surface area contributed by atoms with Crippen molar-refractivity contribution in [1.29, 1.82) is 0 Å². The molecule has 1 saturated carbocycles. The minimum Gasteiger partial charge on any atom is -0.508 e. The van der Waals surface area contributed by atoms with Gasteiger partial charge in [0.25, 0.3) is 0 Å². The minimum absolute atomic E-state index is 0.153. The van der Waals surface area contributed by atoms with Gasteiger partial charge in [0, 0.05) is 22.3 Å². The van der Waals surface area contributed by atoms with E-state index in [1.54, 1.807) is 39.0 Å². The van der Waals surface area contributed by atoms with E-state index in [-0.39, 0.29) is 28.9 Å². The van der Waals surface area contributed by atoms with Crippen molar-refractivity contribution >= 4 is 23.1 Å². The lowest BCUT2D eigenvalue weighted by Gasteiger charge is -2.60. The summed E-state index contributed by atoms with van der Waals surface area (Å²) in [5, 5.41) is 57.7. The van der Waals surface area contributed by atoms with Gasteiger partial charge in [-0.3, -0.25) is 14.4 Å². The van der Waals surface area contributed by atoms with Crippen LogP contribution < -0.4 is 0 Å². The number of hydrogen-bond donors (Lipinski definition) is 5. The topological polar surface area (TPSA) is 152 Å². The fourth-order valence-electron chi connectivity index (χ4n) is 7.58. The van der Waals surface area contributed by atoms with E-state index in [0.29, 0.717) is 11.1 Å².